The Bertz CT molecular complexity index is 540. The second kappa shape index (κ2) is 6.09. The highest BCUT2D eigenvalue weighted by Gasteiger charge is 2.14. The van der Waals surface area contributed by atoms with Gasteiger partial charge in [-0.15, -0.1) is 0 Å². The fourth-order valence-electron chi connectivity index (χ4n) is 1.65. The van der Waals surface area contributed by atoms with Crippen molar-refractivity contribution in [3.63, 3.8) is 0 Å². The molecule has 0 saturated carbocycles. The molecule has 1 atom stereocenters. The second-order valence-corrected chi connectivity index (χ2v) is 6.01. The Hall–Kier alpha value is -0.510. The largest absolute Gasteiger partial charge is 0.497 e. The summed E-state index contributed by atoms with van der Waals surface area (Å²) >= 11 is 13.2. The van der Waals surface area contributed by atoms with Crippen LogP contribution >= 0.6 is 43.5 Å². The van der Waals surface area contributed by atoms with Crippen LogP contribution in [0.15, 0.2) is 46.9 Å². The van der Waals surface area contributed by atoms with E-state index in [9.17, 15) is 0 Å². The van der Waals surface area contributed by atoms with Crippen LogP contribution in [0.2, 0.25) is 5.02 Å². The molecule has 0 bridgehead atoms. The highest BCUT2D eigenvalue weighted by atomic mass is 79.9. The lowest BCUT2D eigenvalue weighted by molar-refractivity contribution is 0.414. The molecule has 2 rings (SSSR count). The van der Waals surface area contributed by atoms with Gasteiger partial charge in [0.25, 0.3) is 0 Å². The molecule has 1 unspecified atom stereocenters. The van der Waals surface area contributed by atoms with Crippen LogP contribution in [0.1, 0.15) is 16.0 Å². The van der Waals surface area contributed by atoms with Gasteiger partial charge in [-0.05, 0) is 35.4 Å². The maximum atomic E-state index is 5.89. The van der Waals surface area contributed by atoms with Gasteiger partial charge >= 0.3 is 0 Å². The van der Waals surface area contributed by atoms with Gasteiger partial charge in [-0.25, -0.2) is 0 Å². The first kappa shape index (κ1) is 13.9. The molecule has 0 heterocycles. The summed E-state index contributed by atoms with van der Waals surface area (Å²) in [6.45, 7) is 0. The van der Waals surface area contributed by atoms with Crippen LogP contribution in [-0.4, -0.2) is 7.11 Å². The molecule has 0 radical (unpaired) electrons. The predicted octanol–water partition coefficient (Wildman–Crippen LogP) is 5.60. The Kier molecular flexibility index (Phi) is 4.71. The molecule has 0 aliphatic heterocycles. The van der Waals surface area contributed by atoms with Crippen LogP contribution in [0.25, 0.3) is 0 Å². The highest BCUT2D eigenvalue weighted by molar-refractivity contribution is 9.11. The number of methoxy groups -OCH3 is 1. The molecule has 0 spiro atoms. The molecule has 0 aliphatic carbocycles. The van der Waals surface area contributed by atoms with Crippen molar-refractivity contribution in [3.05, 3.63) is 63.1 Å². The van der Waals surface area contributed by atoms with Crippen molar-refractivity contribution in [2.75, 3.05) is 7.11 Å². The first-order valence-electron chi connectivity index (χ1n) is 5.35. The predicted molar refractivity (Wildman–Crippen MR) is 82.9 cm³/mol. The third-order valence-electron chi connectivity index (χ3n) is 2.64. The summed E-state index contributed by atoms with van der Waals surface area (Å²) < 4.78 is 6.20. The number of alkyl halides is 1. The Labute approximate surface area is 128 Å². The highest BCUT2D eigenvalue weighted by Crippen LogP contribution is 2.37. The van der Waals surface area contributed by atoms with E-state index in [-0.39, 0.29) is 4.83 Å². The average Bonchev–Trinajstić information content (AvgIpc) is 2.38. The summed E-state index contributed by atoms with van der Waals surface area (Å²) in [4.78, 5) is 0.120. The quantitative estimate of drug-likeness (QED) is 0.620. The zero-order valence-corrected chi connectivity index (χ0v) is 13.6. The lowest BCUT2D eigenvalue weighted by Gasteiger charge is -2.13. The van der Waals surface area contributed by atoms with Crippen molar-refractivity contribution in [3.8, 4) is 5.75 Å². The molecule has 18 heavy (non-hydrogen) atoms. The van der Waals surface area contributed by atoms with Crippen LogP contribution in [0, 0.1) is 0 Å². The molecule has 4 heteroatoms. The Morgan fingerprint density at radius 1 is 1.11 bits per heavy atom. The Morgan fingerprint density at radius 3 is 2.33 bits per heavy atom. The standard InChI is InChI=1S/C14H11Br2ClO/c1-18-11-6-7-12(13(15)8-11)14(16)9-2-4-10(17)5-3-9/h2-8,14H,1H3. The van der Waals surface area contributed by atoms with Gasteiger partial charge in [0, 0.05) is 9.50 Å². The number of hydrogen-bond acceptors (Lipinski definition) is 1. The molecule has 0 aromatic heterocycles. The number of ether oxygens (including phenoxy) is 1. The molecule has 0 saturated heterocycles. The van der Waals surface area contributed by atoms with Crippen molar-refractivity contribution in [1.82, 2.24) is 0 Å². The van der Waals surface area contributed by atoms with E-state index >= 15 is 0 Å². The van der Waals surface area contributed by atoms with Crippen LogP contribution in [0.3, 0.4) is 0 Å². The van der Waals surface area contributed by atoms with Crippen molar-refractivity contribution in [1.29, 1.82) is 0 Å². The summed E-state index contributed by atoms with van der Waals surface area (Å²) in [7, 11) is 1.66. The minimum Gasteiger partial charge on any atom is -0.497 e. The van der Waals surface area contributed by atoms with E-state index in [4.69, 9.17) is 16.3 Å². The van der Waals surface area contributed by atoms with Crippen molar-refractivity contribution in [2.24, 2.45) is 0 Å². The van der Waals surface area contributed by atoms with Gasteiger partial charge < -0.3 is 4.74 Å². The molecular formula is C14H11Br2ClO. The molecule has 0 N–H and O–H groups in total. The molecule has 94 valence electrons. The Morgan fingerprint density at radius 2 is 1.78 bits per heavy atom. The van der Waals surface area contributed by atoms with Crippen molar-refractivity contribution >= 4 is 43.5 Å². The van der Waals surface area contributed by atoms with Gasteiger partial charge in [-0.1, -0.05) is 61.7 Å². The fraction of sp³-hybridized carbons (Fsp3) is 0.143. The normalized spacial score (nSPS) is 12.2. The van der Waals surface area contributed by atoms with Crippen molar-refractivity contribution < 1.29 is 4.74 Å². The number of halogens is 3. The molecule has 0 fully saturated rings. The lowest BCUT2D eigenvalue weighted by atomic mass is 10.0. The summed E-state index contributed by atoms with van der Waals surface area (Å²) in [6.07, 6.45) is 0. The summed E-state index contributed by atoms with van der Waals surface area (Å²) in [5, 5.41) is 0.743. The second-order valence-electron chi connectivity index (χ2n) is 3.80. The maximum Gasteiger partial charge on any atom is 0.120 e. The van der Waals surface area contributed by atoms with Gasteiger partial charge in [0.1, 0.15) is 5.75 Å². The minimum atomic E-state index is 0.120. The van der Waals surface area contributed by atoms with E-state index in [1.807, 2.05) is 42.5 Å². The molecule has 2 aromatic rings. The number of hydrogen-bond donors (Lipinski definition) is 0. The third kappa shape index (κ3) is 3.08. The summed E-state index contributed by atoms with van der Waals surface area (Å²) in [5.41, 5.74) is 2.31. The van der Waals surface area contributed by atoms with Crippen molar-refractivity contribution in [2.45, 2.75) is 4.83 Å². The number of benzene rings is 2. The monoisotopic (exact) mass is 388 g/mol. The van der Waals surface area contributed by atoms with Gasteiger partial charge in [-0.3, -0.25) is 0 Å². The first-order chi connectivity index (χ1) is 8.61. The zero-order chi connectivity index (χ0) is 13.1. The average molecular weight is 391 g/mol. The van der Waals surface area contributed by atoms with Gasteiger partial charge in [-0.2, -0.15) is 0 Å². The summed E-state index contributed by atoms with van der Waals surface area (Å²) in [5.74, 6) is 0.835. The zero-order valence-electron chi connectivity index (χ0n) is 9.66. The van der Waals surface area contributed by atoms with E-state index in [1.165, 1.54) is 0 Å². The first-order valence-corrected chi connectivity index (χ1v) is 7.43. The molecule has 0 amide bonds. The van der Waals surface area contributed by atoms with E-state index < -0.39 is 0 Å². The SMILES string of the molecule is COc1ccc(C(Br)c2ccc(Cl)cc2)c(Br)c1. The fourth-order valence-corrected chi connectivity index (χ4v) is 3.38. The Balaban J connectivity index is 2.33. The maximum absolute atomic E-state index is 5.89. The molecule has 2 aromatic carbocycles. The van der Waals surface area contributed by atoms with Gasteiger partial charge in [0.15, 0.2) is 0 Å². The van der Waals surface area contributed by atoms with E-state index in [2.05, 4.69) is 31.9 Å². The number of rotatable bonds is 3. The van der Waals surface area contributed by atoms with Gasteiger partial charge in [0.05, 0.1) is 11.9 Å². The van der Waals surface area contributed by atoms with Crippen LogP contribution < -0.4 is 4.74 Å². The van der Waals surface area contributed by atoms with Crippen LogP contribution in [0.4, 0.5) is 0 Å². The van der Waals surface area contributed by atoms with E-state index in [1.54, 1.807) is 7.11 Å². The van der Waals surface area contributed by atoms with Gasteiger partial charge in [0.2, 0.25) is 0 Å². The van der Waals surface area contributed by atoms with Crippen LogP contribution in [0.5, 0.6) is 5.75 Å². The molecular weight excluding hydrogens is 379 g/mol. The van der Waals surface area contributed by atoms with Crippen LogP contribution in [-0.2, 0) is 0 Å². The third-order valence-corrected chi connectivity index (χ3v) is 4.60. The lowest BCUT2D eigenvalue weighted by Crippen LogP contribution is -1.94. The minimum absolute atomic E-state index is 0.120. The molecule has 0 aliphatic rings. The topological polar surface area (TPSA) is 9.23 Å². The molecule has 1 nitrogen and oxygen atoms in total. The smallest absolute Gasteiger partial charge is 0.120 e. The summed E-state index contributed by atoms with van der Waals surface area (Å²) in [6, 6.07) is 13.8. The van der Waals surface area contributed by atoms with E-state index in [0.717, 1.165) is 26.4 Å². The van der Waals surface area contributed by atoms with E-state index in [0.29, 0.717) is 0 Å².